The van der Waals surface area contributed by atoms with Crippen molar-refractivity contribution in [1.29, 1.82) is 0 Å². The second-order valence-corrected chi connectivity index (χ2v) is 7.21. The molecule has 10 heteroatoms. The number of rotatable bonds is 6. The van der Waals surface area contributed by atoms with Gasteiger partial charge in [0.1, 0.15) is 5.82 Å². The number of alkyl halides is 2. The Morgan fingerprint density at radius 1 is 1.44 bits per heavy atom. The Hall–Kier alpha value is -1.71. The number of halogens is 4. The monoisotopic (exact) mass is 420 g/mol. The normalized spacial score (nSPS) is 19.1. The van der Waals surface area contributed by atoms with Crippen molar-refractivity contribution >= 4 is 35.8 Å². The van der Waals surface area contributed by atoms with Crippen molar-refractivity contribution in [2.75, 3.05) is 24.2 Å². The van der Waals surface area contributed by atoms with Crippen LogP contribution in [0.2, 0.25) is 0 Å². The lowest BCUT2D eigenvalue weighted by Gasteiger charge is -2.18. The summed E-state index contributed by atoms with van der Waals surface area (Å²) in [7, 11) is 1.81. The van der Waals surface area contributed by atoms with E-state index >= 15 is 0 Å². The maximum Gasteiger partial charge on any atom is 0.247 e. The van der Waals surface area contributed by atoms with Gasteiger partial charge in [0.15, 0.2) is 0 Å². The van der Waals surface area contributed by atoms with Crippen LogP contribution in [0.15, 0.2) is 35.5 Å². The van der Waals surface area contributed by atoms with Crippen molar-refractivity contribution < 1.29 is 18.0 Å². The number of anilines is 1. The number of benzene rings is 1. The summed E-state index contributed by atoms with van der Waals surface area (Å²) in [6.07, 6.45) is 1.11. The van der Waals surface area contributed by atoms with Crippen LogP contribution in [0.3, 0.4) is 0 Å². The molecule has 0 saturated carbocycles. The first-order valence-electron chi connectivity index (χ1n) is 8.14. The van der Waals surface area contributed by atoms with Crippen molar-refractivity contribution in [1.82, 2.24) is 15.1 Å². The van der Waals surface area contributed by atoms with Crippen LogP contribution in [0.4, 0.5) is 18.9 Å². The van der Waals surface area contributed by atoms with Crippen LogP contribution in [-0.2, 0) is 11.8 Å². The molecule has 2 heterocycles. The van der Waals surface area contributed by atoms with E-state index in [2.05, 4.69) is 15.7 Å². The minimum absolute atomic E-state index is 0. The lowest BCUT2D eigenvalue weighted by atomic mass is 9.90. The first-order chi connectivity index (χ1) is 12.4. The third-order valence-corrected chi connectivity index (χ3v) is 5.35. The van der Waals surface area contributed by atoms with Gasteiger partial charge in [-0.1, -0.05) is 0 Å². The quantitative estimate of drug-likeness (QED) is 0.704. The highest BCUT2D eigenvalue weighted by Crippen LogP contribution is 2.32. The number of carbonyl (C=O) groups is 1. The Bertz CT molecular complexity index is 789. The second-order valence-electron chi connectivity index (χ2n) is 6.15. The molecule has 27 heavy (non-hydrogen) atoms. The van der Waals surface area contributed by atoms with E-state index in [-0.39, 0.29) is 35.8 Å². The molecule has 1 aliphatic rings. The van der Waals surface area contributed by atoms with E-state index in [1.54, 1.807) is 17.9 Å². The fourth-order valence-electron chi connectivity index (χ4n) is 3.04. The Balaban J connectivity index is 0.00000261. The van der Waals surface area contributed by atoms with Crippen LogP contribution >= 0.6 is 24.2 Å². The van der Waals surface area contributed by atoms with Gasteiger partial charge >= 0.3 is 0 Å². The molecule has 2 N–H and O–H groups in total. The molecule has 2 atom stereocenters. The highest BCUT2D eigenvalue weighted by molar-refractivity contribution is 7.99. The lowest BCUT2D eigenvalue weighted by Crippen LogP contribution is -2.28. The summed E-state index contributed by atoms with van der Waals surface area (Å²) in [5.41, 5.74) is 1.17. The van der Waals surface area contributed by atoms with Gasteiger partial charge in [0.05, 0.1) is 23.6 Å². The third kappa shape index (κ3) is 5.40. The molecule has 148 valence electrons. The van der Waals surface area contributed by atoms with Gasteiger partial charge in [-0.3, -0.25) is 9.48 Å². The molecule has 0 bridgehead atoms. The first kappa shape index (κ1) is 21.6. The second kappa shape index (κ2) is 9.48. The van der Waals surface area contributed by atoms with E-state index in [4.69, 9.17) is 0 Å². The first-order valence-corrected chi connectivity index (χ1v) is 9.13. The molecular formula is C17H20ClF3N4OS. The zero-order valence-electron chi connectivity index (χ0n) is 14.5. The number of hydrogen-bond donors (Lipinski definition) is 2. The average Bonchev–Trinajstić information content (AvgIpc) is 3.22. The number of nitrogens with zero attached hydrogens (tertiary/aromatic N) is 2. The Morgan fingerprint density at radius 2 is 2.22 bits per heavy atom. The molecule has 1 aromatic heterocycles. The molecule has 1 aliphatic heterocycles. The molecule has 0 radical (unpaired) electrons. The van der Waals surface area contributed by atoms with Crippen molar-refractivity contribution in [2.24, 2.45) is 13.0 Å². The summed E-state index contributed by atoms with van der Waals surface area (Å²) in [6.45, 7) is 1.13. The van der Waals surface area contributed by atoms with E-state index in [9.17, 15) is 18.0 Å². The van der Waals surface area contributed by atoms with Crippen LogP contribution in [-0.4, -0.2) is 41.0 Å². The zero-order valence-corrected chi connectivity index (χ0v) is 16.1. The van der Waals surface area contributed by atoms with E-state index in [1.807, 2.05) is 6.20 Å². The highest BCUT2D eigenvalue weighted by atomic mass is 35.5. The molecule has 0 unspecified atom stereocenters. The summed E-state index contributed by atoms with van der Waals surface area (Å²) in [6, 6.07) is 3.76. The Morgan fingerprint density at radius 3 is 2.89 bits per heavy atom. The topological polar surface area (TPSA) is 59.0 Å². The van der Waals surface area contributed by atoms with Gasteiger partial charge < -0.3 is 10.6 Å². The standard InChI is InChI=1S/C17H19F3N4OS.ClH/c1-24-8-10(5-22-24)12-6-21-7-13(12)17(25)23-14-4-11(18)2-3-15(14)26-9-16(19)20;/h2-5,8,12-13,16,21H,6-7,9H2,1H3,(H,23,25);1H/t12-,13+;/m1./s1. The Labute approximate surface area is 165 Å². The summed E-state index contributed by atoms with van der Waals surface area (Å²) in [5.74, 6) is -1.62. The van der Waals surface area contributed by atoms with Gasteiger partial charge in [0.25, 0.3) is 0 Å². The third-order valence-electron chi connectivity index (χ3n) is 4.27. The van der Waals surface area contributed by atoms with Crippen LogP contribution in [0.1, 0.15) is 11.5 Å². The predicted octanol–water partition coefficient (Wildman–Crippen LogP) is 3.28. The van der Waals surface area contributed by atoms with Crippen LogP contribution in [0.25, 0.3) is 0 Å². The number of aryl methyl sites for hydroxylation is 1. The molecule has 1 aromatic carbocycles. The van der Waals surface area contributed by atoms with Gasteiger partial charge in [-0.2, -0.15) is 5.10 Å². The van der Waals surface area contributed by atoms with Gasteiger partial charge in [-0.05, 0) is 23.8 Å². The fraction of sp³-hybridized carbons (Fsp3) is 0.412. The van der Waals surface area contributed by atoms with E-state index in [0.29, 0.717) is 18.0 Å². The number of hydrogen-bond acceptors (Lipinski definition) is 4. The number of amides is 1. The zero-order chi connectivity index (χ0) is 18.7. The maximum atomic E-state index is 13.6. The largest absolute Gasteiger partial charge is 0.325 e. The molecule has 1 saturated heterocycles. The number of thioether (sulfide) groups is 1. The van der Waals surface area contributed by atoms with Gasteiger partial charge in [0.2, 0.25) is 12.3 Å². The van der Waals surface area contributed by atoms with Crippen LogP contribution in [0, 0.1) is 11.7 Å². The molecule has 0 spiro atoms. The van der Waals surface area contributed by atoms with E-state index in [1.165, 1.54) is 12.1 Å². The molecule has 1 fully saturated rings. The minimum Gasteiger partial charge on any atom is -0.325 e. The SMILES string of the molecule is Cl.Cn1cc([C@H]2CNC[C@@H]2C(=O)Nc2cc(F)ccc2SCC(F)F)cn1. The van der Waals surface area contributed by atoms with Crippen LogP contribution < -0.4 is 10.6 Å². The minimum atomic E-state index is -2.48. The Kier molecular flexibility index (Phi) is 7.58. The summed E-state index contributed by atoms with van der Waals surface area (Å²) < 4.78 is 40.2. The van der Waals surface area contributed by atoms with Gasteiger partial charge in [-0.15, -0.1) is 24.2 Å². The van der Waals surface area contributed by atoms with Crippen molar-refractivity contribution in [2.45, 2.75) is 17.2 Å². The van der Waals surface area contributed by atoms with Crippen molar-refractivity contribution in [3.63, 3.8) is 0 Å². The molecule has 1 amide bonds. The molecule has 5 nitrogen and oxygen atoms in total. The maximum absolute atomic E-state index is 13.6. The molecule has 2 aromatic rings. The highest BCUT2D eigenvalue weighted by Gasteiger charge is 2.35. The summed E-state index contributed by atoms with van der Waals surface area (Å²) in [4.78, 5) is 13.2. The fourth-order valence-corrected chi connectivity index (χ4v) is 3.78. The molecular weight excluding hydrogens is 401 g/mol. The van der Waals surface area contributed by atoms with Gasteiger partial charge in [0, 0.05) is 37.1 Å². The number of nitrogens with one attached hydrogen (secondary N) is 2. The van der Waals surface area contributed by atoms with Crippen molar-refractivity contribution in [3.8, 4) is 0 Å². The van der Waals surface area contributed by atoms with E-state index in [0.717, 1.165) is 23.4 Å². The predicted molar refractivity (Wildman–Crippen MR) is 101 cm³/mol. The van der Waals surface area contributed by atoms with E-state index < -0.39 is 18.0 Å². The van der Waals surface area contributed by atoms with Crippen molar-refractivity contribution in [3.05, 3.63) is 42.0 Å². The van der Waals surface area contributed by atoms with Crippen LogP contribution in [0.5, 0.6) is 0 Å². The number of carbonyl (C=O) groups excluding carboxylic acids is 1. The van der Waals surface area contributed by atoms with Gasteiger partial charge in [-0.25, -0.2) is 13.2 Å². The molecule has 0 aliphatic carbocycles. The summed E-state index contributed by atoms with van der Waals surface area (Å²) >= 11 is 0.889. The average molecular weight is 421 g/mol. The smallest absolute Gasteiger partial charge is 0.247 e. The summed E-state index contributed by atoms with van der Waals surface area (Å²) in [5, 5.41) is 10.0. The number of aromatic nitrogens is 2. The lowest BCUT2D eigenvalue weighted by molar-refractivity contribution is -0.119. The molecule has 3 rings (SSSR count).